The summed E-state index contributed by atoms with van der Waals surface area (Å²) in [5, 5.41) is 14.8. The number of nitrogens with zero attached hydrogens (tertiary/aromatic N) is 3. The number of aryl methyl sites for hydroxylation is 1. The quantitative estimate of drug-likeness (QED) is 0.561. The number of aliphatic hydroxyl groups excluding tert-OH is 1. The number of rotatable bonds is 9. The Morgan fingerprint density at radius 3 is 2.63 bits per heavy atom. The third kappa shape index (κ3) is 5.07. The van der Waals surface area contributed by atoms with Gasteiger partial charge >= 0.3 is 0 Å². The van der Waals surface area contributed by atoms with Gasteiger partial charge in [-0.05, 0) is 37.8 Å². The molecule has 0 bridgehead atoms. The highest BCUT2D eigenvalue weighted by molar-refractivity contribution is 5.65. The molecule has 158 valence electrons. The predicted molar refractivity (Wildman–Crippen MR) is 115 cm³/mol. The van der Waals surface area contributed by atoms with E-state index in [2.05, 4.69) is 4.90 Å². The van der Waals surface area contributed by atoms with Crippen LogP contribution < -0.4 is 4.74 Å². The standard InChI is InChI=1S/C24H28FN3O2/c1-17(29)14-28(15-18-11-12-18)16-22-23(19-7-4-3-5-8-19)26-27(2)24(22)30-21-10-6-9-20(25)13-21/h3-10,13,17-18,29H,11-12,14-16H2,1-2H3. The lowest BCUT2D eigenvalue weighted by molar-refractivity contribution is 0.119. The van der Waals surface area contributed by atoms with Crippen molar-refractivity contribution >= 4 is 0 Å². The average molecular weight is 410 g/mol. The van der Waals surface area contributed by atoms with E-state index < -0.39 is 6.10 Å². The third-order valence-corrected chi connectivity index (χ3v) is 5.26. The lowest BCUT2D eigenvalue weighted by Gasteiger charge is -2.24. The van der Waals surface area contributed by atoms with Crippen LogP contribution in [0.1, 0.15) is 25.3 Å². The Morgan fingerprint density at radius 2 is 1.97 bits per heavy atom. The van der Waals surface area contributed by atoms with Gasteiger partial charge in [-0.1, -0.05) is 36.4 Å². The van der Waals surface area contributed by atoms with Crippen molar-refractivity contribution < 1.29 is 14.2 Å². The van der Waals surface area contributed by atoms with E-state index in [-0.39, 0.29) is 5.82 Å². The van der Waals surface area contributed by atoms with E-state index in [9.17, 15) is 9.50 Å². The summed E-state index contributed by atoms with van der Waals surface area (Å²) in [7, 11) is 1.84. The van der Waals surface area contributed by atoms with Crippen LogP contribution in [0.2, 0.25) is 0 Å². The zero-order valence-corrected chi connectivity index (χ0v) is 17.5. The van der Waals surface area contributed by atoms with E-state index in [1.165, 1.54) is 25.0 Å². The maximum absolute atomic E-state index is 13.7. The number of hydrogen-bond acceptors (Lipinski definition) is 4. The van der Waals surface area contributed by atoms with E-state index in [1.54, 1.807) is 16.8 Å². The molecule has 3 aromatic rings. The first-order valence-corrected chi connectivity index (χ1v) is 10.4. The van der Waals surface area contributed by atoms with Gasteiger partial charge in [-0.3, -0.25) is 4.90 Å². The fourth-order valence-corrected chi connectivity index (χ4v) is 3.76. The second kappa shape index (κ2) is 8.98. The number of benzene rings is 2. The van der Waals surface area contributed by atoms with Crippen LogP contribution in [-0.4, -0.2) is 39.0 Å². The molecule has 1 aromatic heterocycles. The van der Waals surface area contributed by atoms with Gasteiger partial charge in [0.2, 0.25) is 5.88 Å². The molecule has 30 heavy (non-hydrogen) atoms. The van der Waals surface area contributed by atoms with Gasteiger partial charge in [0.05, 0.1) is 11.7 Å². The Balaban J connectivity index is 1.72. The second-order valence-corrected chi connectivity index (χ2v) is 8.17. The molecule has 1 N–H and O–H groups in total. The van der Waals surface area contributed by atoms with Crippen molar-refractivity contribution in [2.24, 2.45) is 13.0 Å². The van der Waals surface area contributed by atoms with Crippen molar-refractivity contribution in [3.63, 3.8) is 0 Å². The largest absolute Gasteiger partial charge is 0.439 e. The second-order valence-electron chi connectivity index (χ2n) is 8.17. The molecule has 0 spiro atoms. The molecule has 1 atom stereocenters. The first-order valence-electron chi connectivity index (χ1n) is 10.4. The van der Waals surface area contributed by atoms with Crippen LogP contribution in [0.5, 0.6) is 11.6 Å². The van der Waals surface area contributed by atoms with Crippen molar-refractivity contribution in [3.05, 3.63) is 66.0 Å². The van der Waals surface area contributed by atoms with Crippen LogP contribution in [0.25, 0.3) is 11.3 Å². The molecule has 1 fully saturated rings. The van der Waals surface area contributed by atoms with Gasteiger partial charge in [0.15, 0.2) is 0 Å². The lowest BCUT2D eigenvalue weighted by atomic mass is 10.1. The maximum atomic E-state index is 13.7. The number of hydrogen-bond donors (Lipinski definition) is 1. The molecule has 4 rings (SSSR count). The molecular weight excluding hydrogens is 381 g/mol. The molecule has 2 aromatic carbocycles. The van der Waals surface area contributed by atoms with Gasteiger partial charge in [0.1, 0.15) is 17.3 Å². The molecule has 0 saturated heterocycles. The topological polar surface area (TPSA) is 50.5 Å². The molecule has 1 aliphatic carbocycles. The summed E-state index contributed by atoms with van der Waals surface area (Å²) in [5.74, 6) is 1.37. The summed E-state index contributed by atoms with van der Waals surface area (Å²) >= 11 is 0. The molecule has 1 aliphatic rings. The van der Waals surface area contributed by atoms with E-state index in [0.717, 1.165) is 23.4 Å². The molecular formula is C24H28FN3O2. The van der Waals surface area contributed by atoms with Crippen molar-refractivity contribution in [1.82, 2.24) is 14.7 Å². The number of ether oxygens (including phenoxy) is 1. The highest BCUT2D eigenvalue weighted by Crippen LogP contribution is 2.36. The van der Waals surface area contributed by atoms with Gasteiger partial charge in [-0.2, -0.15) is 5.10 Å². The summed E-state index contributed by atoms with van der Waals surface area (Å²) in [6, 6.07) is 16.1. The predicted octanol–water partition coefficient (Wildman–Crippen LogP) is 4.61. The van der Waals surface area contributed by atoms with Crippen LogP contribution in [0.4, 0.5) is 4.39 Å². The molecule has 1 saturated carbocycles. The third-order valence-electron chi connectivity index (χ3n) is 5.26. The Bertz CT molecular complexity index is 979. The van der Waals surface area contributed by atoms with E-state index >= 15 is 0 Å². The van der Waals surface area contributed by atoms with E-state index in [4.69, 9.17) is 9.84 Å². The molecule has 5 nitrogen and oxygen atoms in total. The molecule has 0 amide bonds. The summed E-state index contributed by atoms with van der Waals surface area (Å²) < 4.78 is 21.5. The fraction of sp³-hybridized carbons (Fsp3) is 0.375. The minimum atomic E-state index is -0.423. The van der Waals surface area contributed by atoms with Crippen molar-refractivity contribution in [2.45, 2.75) is 32.4 Å². The smallest absolute Gasteiger partial charge is 0.222 e. The van der Waals surface area contributed by atoms with Gasteiger partial charge in [0.25, 0.3) is 0 Å². The molecule has 0 aliphatic heterocycles. The first kappa shape index (κ1) is 20.6. The van der Waals surface area contributed by atoms with Crippen LogP contribution in [0.3, 0.4) is 0 Å². The molecule has 6 heteroatoms. The number of aliphatic hydroxyl groups is 1. The van der Waals surface area contributed by atoms with Gasteiger partial charge in [-0.15, -0.1) is 0 Å². The Kier molecular flexibility index (Phi) is 6.16. The minimum Gasteiger partial charge on any atom is -0.439 e. The fourth-order valence-electron chi connectivity index (χ4n) is 3.76. The van der Waals surface area contributed by atoms with Gasteiger partial charge in [0, 0.05) is 38.3 Å². The van der Waals surface area contributed by atoms with Gasteiger partial charge < -0.3 is 9.84 Å². The summed E-state index contributed by atoms with van der Waals surface area (Å²) in [6.07, 6.45) is 2.05. The Morgan fingerprint density at radius 1 is 1.20 bits per heavy atom. The van der Waals surface area contributed by atoms with Crippen molar-refractivity contribution in [3.8, 4) is 22.9 Å². The Labute approximate surface area is 176 Å². The Hall–Kier alpha value is -2.70. The SMILES string of the molecule is CC(O)CN(Cc1c(-c2ccccc2)nn(C)c1Oc1cccc(F)c1)CC1CC1. The lowest BCUT2D eigenvalue weighted by Crippen LogP contribution is -2.32. The minimum absolute atomic E-state index is 0.344. The number of halogens is 1. The zero-order chi connectivity index (χ0) is 21.1. The maximum Gasteiger partial charge on any atom is 0.222 e. The summed E-state index contributed by atoms with van der Waals surface area (Å²) in [4.78, 5) is 2.27. The van der Waals surface area contributed by atoms with Crippen molar-refractivity contribution in [1.29, 1.82) is 0 Å². The average Bonchev–Trinajstić information content (AvgIpc) is 3.47. The van der Waals surface area contributed by atoms with Gasteiger partial charge in [-0.25, -0.2) is 9.07 Å². The zero-order valence-electron chi connectivity index (χ0n) is 17.5. The van der Waals surface area contributed by atoms with Crippen LogP contribution >= 0.6 is 0 Å². The van der Waals surface area contributed by atoms with Crippen molar-refractivity contribution in [2.75, 3.05) is 13.1 Å². The van der Waals surface area contributed by atoms with Crippen LogP contribution in [0.15, 0.2) is 54.6 Å². The molecule has 0 radical (unpaired) electrons. The normalized spacial score (nSPS) is 14.8. The summed E-state index contributed by atoms with van der Waals surface area (Å²) in [5.41, 5.74) is 2.78. The van der Waals surface area contributed by atoms with E-state index in [1.807, 2.05) is 44.3 Å². The molecule has 1 heterocycles. The highest BCUT2D eigenvalue weighted by Gasteiger charge is 2.28. The van der Waals surface area contributed by atoms with Crippen LogP contribution in [0, 0.1) is 11.7 Å². The van der Waals surface area contributed by atoms with Crippen LogP contribution in [-0.2, 0) is 13.6 Å². The van der Waals surface area contributed by atoms with E-state index in [0.29, 0.717) is 30.6 Å². The summed E-state index contributed by atoms with van der Waals surface area (Å²) in [6.45, 7) is 3.93. The first-order chi connectivity index (χ1) is 14.5. The highest BCUT2D eigenvalue weighted by atomic mass is 19.1. The molecule has 1 unspecified atom stereocenters. The number of aromatic nitrogens is 2. The monoisotopic (exact) mass is 409 g/mol.